The van der Waals surface area contributed by atoms with E-state index in [0.29, 0.717) is 11.5 Å². The topological polar surface area (TPSA) is 12.0 Å². The molecule has 0 aromatic rings. The van der Waals surface area contributed by atoms with E-state index in [1.807, 2.05) is 0 Å². The Morgan fingerprint density at radius 1 is 1.05 bits per heavy atom. The van der Waals surface area contributed by atoms with Crippen LogP contribution in [-0.2, 0) is 0 Å². The molecule has 0 aromatic heterocycles. The van der Waals surface area contributed by atoms with E-state index in [1.54, 1.807) is 0 Å². The highest BCUT2D eigenvalue weighted by molar-refractivity contribution is 4.92. The summed E-state index contributed by atoms with van der Waals surface area (Å²) in [7, 11) is 0. The van der Waals surface area contributed by atoms with Crippen molar-refractivity contribution in [2.24, 2.45) is 17.3 Å². The molecule has 0 aromatic carbocycles. The predicted molar refractivity (Wildman–Crippen MR) is 91.1 cm³/mol. The molecule has 1 heteroatoms. The minimum absolute atomic E-state index is 0.594. The first-order valence-electron chi connectivity index (χ1n) is 9.31. The van der Waals surface area contributed by atoms with Crippen LogP contribution in [0.5, 0.6) is 0 Å². The van der Waals surface area contributed by atoms with Crippen molar-refractivity contribution in [3.8, 4) is 0 Å². The first-order valence-corrected chi connectivity index (χ1v) is 9.31. The molecule has 0 spiro atoms. The van der Waals surface area contributed by atoms with Gasteiger partial charge >= 0.3 is 0 Å². The van der Waals surface area contributed by atoms with Crippen molar-refractivity contribution in [2.75, 3.05) is 6.54 Å². The Kier molecular flexibility index (Phi) is 8.17. The minimum Gasteiger partial charge on any atom is -0.314 e. The molecule has 1 nitrogen and oxygen atoms in total. The van der Waals surface area contributed by atoms with Crippen LogP contribution in [-0.4, -0.2) is 12.6 Å². The summed E-state index contributed by atoms with van der Waals surface area (Å²) in [6.07, 6.45) is 12.9. The van der Waals surface area contributed by atoms with Crippen molar-refractivity contribution in [3.05, 3.63) is 0 Å². The molecule has 0 bridgehead atoms. The lowest BCUT2D eigenvalue weighted by Gasteiger charge is -2.46. The molecule has 1 rings (SSSR count). The van der Waals surface area contributed by atoms with E-state index in [2.05, 4.69) is 39.9 Å². The summed E-state index contributed by atoms with van der Waals surface area (Å²) < 4.78 is 0. The van der Waals surface area contributed by atoms with E-state index >= 15 is 0 Å². The smallest absolute Gasteiger partial charge is 0.00128 e. The lowest BCUT2D eigenvalue weighted by molar-refractivity contribution is 0.0608. The highest BCUT2D eigenvalue weighted by Crippen LogP contribution is 2.47. The van der Waals surface area contributed by atoms with Gasteiger partial charge in [-0.1, -0.05) is 66.7 Å². The van der Waals surface area contributed by atoms with Crippen molar-refractivity contribution < 1.29 is 0 Å². The minimum atomic E-state index is 0.594. The van der Waals surface area contributed by atoms with Crippen LogP contribution in [0.25, 0.3) is 0 Å². The lowest BCUT2D eigenvalue weighted by Crippen LogP contribution is -2.44. The normalized spacial score (nSPS) is 27.4. The summed E-state index contributed by atoms with van der Waals surface area (Å²) in [6, 6.07) is 0.624. The molecule has 1 N–H and O–H groups in total. The zero-order valence-corrected chi connectivity index (χ0v) is 14.8. The maximum atomic E-state index is 3.76. The summed E-state index contributed by atoms with van der Waals surface area (Å²) in [6.45, 7) is 12.9. The molecule has 120 valence electrons. The second-order valence-corrected chi connectivity index (χ2v) is 7.50. The Morgan fingerprint density at radius 2 is 1.65 bits per heavy atom. The van der Waals surface area contributed by atoms with E-state index in [0.717, 1.165) is 11.8 Å². The predicted octanol–water partition coefficient (Wildman–Crippen LogP) is 5.79. The van der Waals surface area contributed by atoms with Gasteiger partial charge in [0.05, 0.1) is 0 Å². The van der Waals surface area contributed by atoms with Gasteiger partial charge in [0.2, 0.25) is 0 Å². The van der Waals surface area contributed by atoms with Crippen molar-refractivity contribution in [3.63, 3.8) is 0 Å². The van der Waals surface area contributed by atoms with Gasteiger partial charge < -0.3 is 5.32 Å². The van der Waals surface area contributed by atoms with Crippen molar-refractivity contribution in [2.45, 2.75) is 98.4 Å². The third kappa shape index (κ3) is 5.06. The Morgan fingerprint density at radius 3 is 2.10 bits per heavy atom. The molecule has 0 aliphatic heterocycles. The van der Waals surface area contributed by atoms with Crippen LogP contribution in [0, 0.1) is 17.3 Å². The fourth-order valence-electron chi connectivity index (χ4n) is 4.33. The Labute approximate surface area is 128 Å². The van der Waals surface area contributed by atoms with E-state index in [-0.39, 0.29) is 0 Å². The second-order valence-electron chi connectivity index (χ2n) is 7.50. The van der Waals surface area contributed by atoms with Gasteiger partial charge in [0.1, 0.15) is 0 Å². The van der Waals surface area contributed by atoms with Gasteiger partial charge in [-0.3, -0.25) is 0 Å². The monoisotopic (exact) mass is 281 g/mol. The number of hydrogen-bond acceptors (Lipinski definition) is 1. The van der Waals surface area contributed by atoms with Crippen LogP contribution in [0.1, 0.15) is 92.4 Å². The van der Waals surface area contributed by atoms with Crippen molar-refractivity contribution >= 4 is 0 Å². The van der Waals surface area contributed by atoms with E-state index in [1.165, 1.54) is 64.3 Å². The molecule has 1 aliphatic rings. The standard InChI is InChI=1S/C19H39N/c1-6-9-10-17-11-13-19(14-12-17,15-20-16(4)5)18(7-2)8-3/h16-18,20H,6-15H2,1-5H3. The maximum Gasteiger partial charge on any atom is 0.00128 e. The third-order valence-corrected chi connectivity index (χ3v) is 5.78. The zero-order chi connectivity index (χ0) is 15.0. The highest BCUT2D eigenvalue weighted by atomic mass is 14.9. The molecular weight excluding hydrogens is 242 g/mol. The lowest BCUT2D eigenvalue weighted by atomic mass is 9.61. The third-order valence-electron chi connectivity index (χ3n) is 5.78. The average molecular weight is 282 g/mol. The quantitative estimate of drug-likeness (QED) is 0.564. The van der Waals surface area contributed by atoms with Gasteiger partial charge in [-0.15, -0.1) is 0 Å². The summed E-state index contributed by atoms with van der Waals surface area (Å²) in [5, 5.41) is 3.76. The molecule has 0 atom stereocenters. The Balaban J connectivity index is 2.61. The van der Waals surface area contributed by atoms with Gasteiger partial charge in [-0.25, -0.2) is 0 Å². The van der Waals surface area contributed by atoms with Gasteiger partial charge in [-0.05, 0) is 42.9 Å². The molecule has 0 heterocycles. The highest BCUT2D eigenvalue weighted by Gasteiger charge is 2.39. The molecule has 1 aliphatic carbocycles. The fraction of sp³-hybridized carbons (Fsp3) is 1.00. The van der Waals surface area contributed by atoms with Crippen LogP contribution >= 0.6 is 0 Å². The molecule has 0 saturated heterocycles. The zero-order valence-electron chi connectivity index (χ0n) is 14.8. The summed E-state index contributed by atoms with van der Waals surface area (Å²) in [5.74, 6) is 1.94. The molecular formula is C19H39N. The SMILES string of the molecule is CCCCC1CCC(CNC(C)C)(C(CC)CC)CC1. The second kappa shape index (κ2) is 9.07. The van der Waals surface area contributed by atoms with Crippen LogP contribution < -0.4 is 5.32 Å². The summed E-state index contributed by atoms with van der Waals surface area (Å²) in [5.41, 5.74) is 0.594. The number of nitrogens with one attached hydrogen (secondary N) is 1. The van der Waals surface area contributed by atoms with Gasteiger partial charge in [0.25, 0.3) is 0 Å². The van der Waals surface area contributed by atoms with E-state index < -0.39 is 0 Å². The number of hydrogen-bond donors (Lipinski definition) is 1. The number of rotatable bonds is 9. The molecule has 0 amide bonds. The van der Waals surface area contributed by atoms with Crippen molar-refractivity contribution in [1.82, 2.24) is 5.32 Å². The first-order chi connectivity index (χ1) is 9.57. The van der Waals surface area contributed by atoms with Gasteiger partial charge in [-0.2, -0.15) is 0 Å². The molecule has 1 fully saturated rings. The van der Waals surface area contributed by atoms with Crippen LogP contribution in [0.4, 0.5) is 0 Å². The van der Waals surface area contributed by atoms with Crippen LogP contribution in [0.15, 0.2) is 0 Å². The van der Waals surface area contributed by atoms with Gasteiger partial charge in [0, 0.05) is 12.6 Å². The van der Waals surface area contributed by atoms with Crippen LogP contribution in [0.2, 0.25) is 0 Å². The molecule has 1 saturated carbocycles. The maximum absolute atomic E-state index is 3.76. The van der Waals surface area contributed by atoms with E-state index in [9.17, 15) is 0 Å². The molecule has 0 radical (unpaired) electrons. The first kappa shape index (κ1) is 18.0. The summed E-state index contributed by atoms with van der Waals surface area (Å²) >= 11 is 0. The molecule has 20 heavy (non-hydrogen) atoms. The Hall–Kier alpha value is -0.0400. The fourth-order valence-corrected chi connectivity index (χ4v) is 4.33. The average Bonchev–Trinajstić information content (AvgIpc) is 2.46. The number of unbranched alkanes of at least 4 members (excludes halogenated alkanes) is 1. The van der Waals surface area contributed by atoms with Gasteiger partial charge in [0.15, 0.2) is 0 Å². The summed E-state index contributed by atoms with van der Waals surface area (Å²) in [4.78, 5) is 0. The van der Waals surface area contributed by atoms with Crippen molar-refractivity contribution in [1.29, 1.82) is 0 Å². The molecule has 0 unspecified atom stereocenters. The van der Waals surface area contributed by atoms with E-state index in [4.69, 9.17) is 0 Å². The largest absolute Gasteiger partial charge is 0.314 e. The Bertz CT molecular complexity index is 234. The van der Waals surface area contributed by atoms with Crippen LogP contribution in [0.3, 0.4) is 0 Å².